The second kappa shape index (κ2) is 5.71. The Morgan fingerprint density at radius 2 is 2.06 bits per heavy atom. The number of benzene rings is 1. The zero-order valence-corrected chi connectivity index (χ0v) is 12.5. The zero-order valence-electron chi connectivity index (χ0n) is 9.56. The van der Waals surface area contributed by atoms with E-state index in [1.807, 2.05) is 46.9 Å². The minimum absolute atomic E-state index is 0.133. The Balaban J connectivity index is 2.28. The molecule has 6 heteroatoms. The van der Waals surface area contributed by atoms with Crippen LogP contribution in [0.1, 0.15) is 5.56 Å². The summed E-state index contributed by atoms with van der Waals surface area (Å²) in [4.78, 5) is 15.9. The predicted octanol–water partition coefficient (Wildman–Crippen LogP) is 2.56. The Morgan fingerprint density at radius 1 is 1.39 bits per heavy atom. The largest absolute Gasteiger partial charge is 0.497 e. The standard InChI is InChI=1S/C12H10ClIN2O2/c1-18-9-4-2-8(3-5-9)6-16-7-15-11(13)10(14)12(16)17/h2-5,7H,6H2,1H3. The second-order valence-electron chi connectivity index (χ2n) is 3.63. The molecule has 0 aliphatic heterocycles. The third kappa shape index (κ3) is 2.84. The number of nitrogens with zero attached hydrogens (tertiary/aromatic N) is 2. The molecule has 0 aliphatic rings. The second-order valence-corrected chi connectivity index (χ2v) is 5.07. The van der Waals surface area contributed by atoms with Crippen LogP contribution in [0.2, 0.25) is 5.15 Å². The lowest BCUT2D eigenvalue weighted by Gasteiger charge is -2.07. The molecule has 0 saturated carbocycles. The average Bonchev–Trinajstić information content (AvgIpc) is 2.40. The van der Waals surface area contributed by atoms with Crippen molar-refractivity contribution in [2.45, 2.75) is 6.54 Å². The lowest BCUT2D eigenvalue weighted by Crippen LogP contribution is -2.23. The van der Waals surface area contributed by atoms with Crippen molar-refractivity contribution in [3.8, 4) is 5.75 Å². The van der Waals surface area contributed by atoms with Crippen molar-refractivity contribution >= 4 is 34.2 Å². The number of hydrogen-bond acceptors (Lipinski definition) is 3. The molecular formula is C12H10ClIN2O2. The number of methoxy groups -OCH3 is 1. The number of rotatable bonds is 3. The van der Waals surface area contributed by atoms with Gasteiger partial charge in [0.15, 0.2) is 0 Å². The van der Waals surface area contributed by atoms with Gasteiger partial charge in [-0.25, -0.2) is 4.98 Å². The summed E-state index contributed by atoms with van der Waals surface area (Å²) in [5.74, 6) is 0.787. The molecule has 0 saturated heterocycles. The van der Waals surface area contributed by atoms with Crippen molar-refractivity contribution in [2.24, 2.45) is 0 Å². The summed E-state index contributed by atoms with van der Waals surface area (Å²) in [6, 6.07) is 7.53. The summed E-state index contributed by atoms with van der Waals surface area (Å²) in [6.45, 7) is 0.461. The summed E-state index contributed by atoms with van der Waals surface area (Å²) in [7, 11) is 1.62. The molecule has 0 bridgehead atoms. The molecule has 4 nitrogen and oxygen atoms in total. The molecule has 0 N–H and O–H groups in total. The van der Waals surface area contributed by atoms with Crippen LogP contribution in [-0.4, -0.2) is 16.7 Å². The monoisotopic (exact) mass is 376 g/mol. The highest BCUT2D eigenvalue weighted by molar-refractivity contribution is 14.1. The predicted molar refractivity (Wildman–Crippen MR) is 78.3 cm³/mol. The van der Waals surface area contributed by atoms with E-state index in [4.69, 9.17) is 16.3 Å². The van der Waals surface area contributed by atoms with Crippen LogP contribution < -0.4 is 10.3 Å². The highest BCUT2D eigenvalue weighted by atomic mass is 127. The summed E-state index contributed by atoms with van der Waals surface area (Å²) in [5, 5.41) is 0.242. The van der Waals surface area contributed by atoms with E-state index < -0.39 is 0 Å². The Morgan fingerprint density at radius 3 is 2.67 bits per heavy atom. The summed E-state index contributed by atoms with van der Waals surface area (Å²) >= 11 is 7.68. The van der Waals surface area contributed by atoms with Crippen molar-refractivity contribution in [1.29, 1.82) is 0 Å². The third-order valence-electron chi connectivity index (χ3n) is 2.45. The van der Waals surface area contributed by atoms with E-state index in [-0.39, 0.29) is 10.7 Å². The SMILES string of the molecule is COc1ccc(Cn2cnc(Cl)c(I)c2=O)cc1. The van der Waals surface area contributed by atoms with E-state index in [2.05, 4.69) is 4.98 Å². The fourth-order valence-corrected chi connectivity index (χ4v) is 2.06. The van der Waals surface area contributed by atoms with Gasteiger partial charge >= 0.3 is 0 Å². The van der Waals surface area contributed by atoms with Crippen LogP contribution in [-0.2, 0) is 6.54 Å². The molecule has 0 atom stereocenters. The van der Waals surface area contributed by atoms with E-state index in [9.17, 15) is 4.79 Å². The highest BCUT2D eigenvalue weighted by Crippen LogP contribution is 2.13. The smallest absolute Gasteiger partial charge is 0.268 e. The van der Waals surface area contributed by atoms with Gasteiger partial charge in [0, 0.05) is 0 Å². The first-order chi connectivity index (χ1) is 8.61. The van der Waals surface area contributed by atoms with Gasteiger partial charge < -0.3 is 4.74 Å². The van der Waals surface area contributed by atoms with Crippen LogP contribution in [0.25, 0.3) is 0 Å². The molecule has 94 valence electrons. The molecule has 0 amide bonds. The number of hydrogen-bond donors (Lipinski definition) is 0. The first-order valence-corrected chi connectivity index (χ1v) is 6.61. The first-order valence-electron chi connectivity index (χ1n) is 5.15. The van der Waals surface area contributed by atoms with Crippen LogP contribution in [0, 0.1) is 3.57 Å². The molecule has 0 spiro atoms. The van der Waals surface area contributed by atoms with Gasteiger partial charge in [-0.05, 0) is 40.3 Å². The van der Waals surface area contributed by atoms with E-state index >= 15 is 0 Å². The summed E-state index contributed by atoms with van der Waals surface area (Å²) in [5.41, 5.74) is 0.865. The van der Waals surface area contributed by atoms with Gasteiger partial charge in [0.1, 0.15) is 14.5 Å². The van der Waals surface area contributed by atoms with Crippen molar-refractivity contribution in [3.05, 3.63) is 55.2 Å². The quantitative estimate of drug-likeness (QED) is 0.611. The maximum Gasteiger partial charge on any atom is 0.268 e. The molecule has 2 aromatic rings. The molecule has 0 aliphatic carbocycles. The van der Waals surface area contributed by atoms with Gasteiger partial charge in [-0.2, -0.15) is 0 Å². The van der Waals surface area contributed by atoms with E-state index in [0.717, 1.165) is 11.3 Å². The van der Waals surface area contributed by atoms with Crippen molar-refractivity contribution in [1.82, 2.24) is 9.55 Å². The Bertz CT molecular complexity index is 610. The average molecular weight is 377 g/mol. The van der Waals surface area contributed by atoms with Gasteiger partial charge in [-0.15, -0.1) is 0 Å². The Hall–Kier alpha value is -1.08. The molecule has 0 unspecified atom stereocenters. The van der Waals surface area contributed by atoms with Crippen molar-refractivity contribution in [2.75, 3.05) is 7.11 Å². The minimum atomic E-state index is -0.133. The Labute approximate surface area is 123 Å². The summed E-state index contributed by atoms with van der Waals surface area (Å²) < 4.78 is 7.04. The fraction of sp³-hybridized carbons (Fsp3) is 0.167. The molecule has 0 radical (unpaired) electrons. The van der Waals surface area contributed by atoms with Crippen molar-refractivity contribution in [3.63, 3.8) is 0 Å². The van der Waals surface area contributed by atoms with E-state index in [0.29, 0.717) is 10.1 Å². The van der Waals surface area contributed by atoms with Crippen LogP contribution in [0.3, 0.4) is 0 Å². The number of aromatic nitrogens is 2. The molecule has 1 aromatic carbocycles. The molecule has 1 heterocycles. The molecule has 1 aromatic heterocycles. The molecule has 18 heavy (non-hydrogen) atoms. The van der Waals surface area contributed by atoms with E-state index in [1.165, 1.54) is 10.9 Å². The summed E-state index contributed by atoms with van der Waals surface area (Å²) in [6.07, 6.45) is 1.46. The van der Waals surface area contributed by atoms with Gasteiger partial charge in [-0.3, -0.25) is 9.36 Å². The number of halogens is 2. The molecule has 0 fully saturated rings. The first kappa shape index (κ1) is 13.4. The normalized spacial score (nSPS) is 10.4. The third-order valence-corrected chi connectivity index (χ3v) is 4.03. The maximum absolute atomic E-state index is 11.9. The van der Waals surface area contributed by atoms with E-state index in [1.54, 1.807) is 7.11 Å². The van der Waals surface area contributed by atoms with Gasteiger partial charge in [0.05, 0.1) is 20.0 Å². The minimum Gasteiger partial charge on any atom is -0.497 e. The van der Waals surface area contributed by atoms with Crippen LogP contribution in [0.15, 0.2) is 35.4 Å². The van der Waals surface area contributed by atoms with Crippen LogP contribution in [0.4, 0.5) is 0 Å². The maximum atomic E-state index is 11.9. The van der Waals surface area contributed by atoms with Gasteiger partial charge in [0.2, 0.25) is 0 Å². The zero-order chi connectivity index (χ0) is 13.1. The van der Waals surface area contributed by atoms with Gasteiger partial charge in [0.25, 0.3) is 5.56 Å². The Kier molecular flexibility index (Phi) is 4.23. The lowest BCUT2D eigenvalue weighted by atomic mass is 10.2. The van der Waals surface area contributed by atoms with Crippen molar-refractivity contribution < 1.29 is 4.74 Å². The molecule has 2 rings (SSSR count). The highest BCUT2D eigenvalue weighted by Gasteiger charge is 2.07. The lowest BCUT2D eigenvalue weighted by molar-refractivity contribution is 0.414. The van der Waals surface area contributed by atoms with Gasteiger partial charge in [-0.1, -0.05) is 23.7 Å². The van der Waals surface area contributed by atoms with Crippen LogP contribution in [0.5, 0.6) is 5.75 Å². The number of ether oxygens (including phenoxy) is 1. The fourth-order valence-electron chi connectivity index (χ4n) is 1.48. The molecular weight excluding hydrogens is 367 g/mol. The van der Waals surface area contributed by atoms with Crippen LogP contribution >= 0.6 is 34.2 Å². The topological polar surface area (TPSA) is 44.1 Å².